The highest BCUT2D eigenvalue weighted by Crippen LogP contribution is 2.25. The average molecular weight is 222 g/mol. The smallest absolute Gasteiger partial charge is 0.331 e. The summed E-state index contributed by atoms with van der Waals surface area (Å²) in [6.45, 7) is 3.48. The lowest BCUT2D eigenvalue weighted by Crippen LogP contribution is -2.03. The van der Waals surface area contributed by atoms with Crippen molar-refractivity contribution < 1.29 is 19.4 Å². The van der Waals surface area contributed by atoms with Crippen LogP contribution in [0.15, 0.2) is 30.4 Å². The molecule has 16 heavy (non-hydrogen) atoms. The van der Waals surface area contributed by atoms with E-state index in [1.807, 2.05) is 0 Å². The zero-order valence-corrected chi connectivity index (χ0v) is 9.32. The van der Waals surface area contributed by atoms with Crippen molar-refractivity contribution in [3.63, 3.8) is 0 Å². The number of rotatable bonds is 5. The van der Waals surface area contributed by atoms with E-state index in [0.29, 0.717) is 11.5 Å². The number of carboxylic acids is 1. The topological polar surface area (TPSA) is 55.8 Å². The lowest BCUT2D eigenvalue weighted by molar-refractivity contribution is -0.132. The molecule has 0 saturated carbocycles. The minimum absolute atomic E-state index is 0.117. The molecule has 0 heterocycles. The number of aliphatic carboxylic acids is 1. The fourth-order valence-corrected chi connectivity index (χ4v) is 1.33. The maximum atomic E-state index is 10.7. The fraction of sp³-hybridized carbons (Fsp3) is 0.250. The molecule has 0 aliphatic heterocycles. The largest absolute Gasteiger partial charge is 0.497 e. The molecule has 0 aliphatic rings. The Hall–Kier alpha value is -1.97. The summed E-state index contributed by atoms with van der Waals surface area (Å²) in [5.41, 5.74) is 0.862. The maximum absolute atomic E-state index is 10.7. The molecule has 0 amide bonds. The Labute approximate surface area is 94.1 Å². The second kappa shape index (κ2) is 5.21. The number of hydrogen-bond acceptors (Lipinski definition) is 3. The monoisotopic (exact) mass is 222 g/mol. The van der Waals surface area contributed by atoms with Gasteiger partial charge in [0.1, 0.15) is 11.5 Å². The fourth-order valence-electron chi connectivity index (χ4n) is 1.33. The molecule has 0 atom stereocenters. The predicted molar refractivity (Wildman–Crippen MR) is 60.0 cm³/mol. The standard InChI is InChI=1S/C12H14O4/c1-8(12(13)14)6-9-7-10(15-2)4-5-11(9)16-3/h4-5,7H,1,6H2,2-3H3,(H,13,14). The number of benzene rings is 1. The first-order valence-electron chi connectivity index (χ1n) is 4.70. The summed E-state index contributed by atoms with van der Waals surface area (Å²) in [4.78, 5) is 10.7. The molecule has 4 nitrogen and oxygen atoms in total. The van der Waals surface area contributed by atoms with Gasteiger partial charge in [0.05, 0.1) is 14.2 Å². The van der Waals surface area contributed by atoms with Gasteiger partial charge in [-0.1, -0.05) is 6.58 Å². The second-order valence-electron chi connectivity index (χ2n) is 3.26. The van der Waals surface area contributed by atoms with Gasteiger partial charge in [-0.25, -0.2) is 4.79 Å². The third-order valence-electron chi connectivity index (χ3n) is 2.19. The van der Waals surface area contributed by atoms with Crippen LogP contribution in [0.3, 0.4) is 0 Å². The molecule has 4 heteroatoms. The van der Waals surface area contributed by atoms with Crippen LogP contribution in [0.4, 0.5) is 0 Å². The second-order valence-corrected chi connectivity index (χ2v) is 3.26. The van der Waals surface area contributed by atoms with Crippen LogP contribution in [0.2, 0.25) is 0 Å². The molecule has 0 unspecified atom stereocenters. The van der Waals surface area contributed by atoms with Gasteiger partial charge in [0.2, 0.25) is 0 Å². The highest BCUT2D eigenvalue weighted by molar-refractivity contribution is 5.86. The van der Waals surface area contributed by atoms with Crippen molar-refractivity contribution in [3.8, 4) is 11.5 Å². The summed E-state index contributed by atoms with van der Waals surface area (Å²) < 4.78 is 10.2. The van der Waals surface area contributed by atoms with E-state index in [1.54, 1.807) is 25.3 Å². The highest BCUT2D eigenvalue weighted by atomic mass is 16.5. The summed E-state index contributed by atoms with van der Waals surface area (Å²) >= 11 is 0. The van der Waals surface area contributed by atoms with Crippen LogP contribution in [-0.4, -0.2) is 25.3 Å². The van der Waals surface area contributed by atoms with Crippen molar-refractivity contribution in [3.05, 3.63) is 35.9 Å². The van der Waals surface area contributed by atoms with Crippen LogP contribution in [-0.2, 0) is 11.2 Å². The summed E-state index contributed by atoms with van der Waals surface area (Å²) in [6.07, 6.45) is 0.232. The van der Waals surface area contributed by atoms with E-state index >= 15 is 0 Å². The van der Waals surface area contributed by atoms with Crippen LogP contribution in [0.1, 0.15) is 5.56 Å². The molecule has 1 aromatic rings. The van der Waals surface area contributed by atoms with E-state index in [9.17, 15) is 4.79 Å². The molecule has 0 aliphatic carbocycles. The van der Waals surface area contributed by atoms with E-state index in [-0.39, 0.29) is 12.0 Å². The van der Waals surface area contributed by atoms with Gasteiger partial charge in [-0.15, -0.1) is 0 Å². The Bertz CT molecular complexity index is 409. The Morgan fingerprint density at radius 3 is 2.56 bits per heavy atom. The molecule has 86 valence electrons. The summed E-state index contributed by atoms with van der Waals surface area (Å²) in [5, 5.41) is 8.76. The van der Waals surface area contributed by atoms with Crippen molar-refractivity contribution >= 4 is 5.97 Å². The van der Waals surface area contributed by atoms with Gasteiger partial charge in [-0.05, 0) is 18.2 Å². The lowest BCUT2D eigenvalue weighted by atomic mass is 10.1. The quantitative estimate of drug-likeness (QED) is 0.773. The number of carboxylic acid groups (broad SMARTS) is 1. The Morgan fingerprint density at radius 1 is 1.38 bits per heavy atom. The normalized spacial score (nSPS) is 9.62. The average Bonchev–Trinajstić information content (AvgIpc) is 2.28. The van der Waals surface area contributed by atoms with Crippen LogP contribution in [0.5, 0.6) is 11.5 Å². The van der Waals surface area contributed by atoms with Crippen molar-refractivity contribution in [2.24, 2.45) is 0 Å². The first kappa shape index (κ1) is 12.1. The molecule has 0 saturated heterocycles. The van der Waals surface area contributed by atoms with Gasteiger partial charge in [-0.2, -0.15) is 0 Å². The van der Waals surface area contributed by atoms with E-state index in [4.69, 9.17) is 14.6 Å². The summed E-state index contributed by atoms with van der Waals surface area (Å²) in [5.74, 6) is 0.280. The zero-order valence-electron chi connectivity index (χ0n) is 9.32. The molecule has 0 aromatic heterocycles. The molecule has 0 radical (unpaired) electrons. The Balaban J connectivity index is 3.00. The first-order valence-corrected chi connectivity index (χ1v) is 4.70. The van der Waals surface area contributed by atoms with E-state index in [0.717, 1.165) is 5.56 Å². The van der Waals surface area contributed by atoms with Crippen molar-refractivity contribution in [2.75, 3.05) is 14.2 Å². The predicted octanol–water partition coefficient (Wildman–Crippen LogP) is 1.89. The van der Waals surface area contributed by atoms with Gasteiger partial charge in [-0.3, -0.25) is 0 Å². The number of carbonyl (C=O) groups is 1. The molecule has 0 bridgehead atoms. The van der Waals surface area contributed by atoms with Gasteiger partial charge < -0.3 is 14.6 Å². The summed E-state index contributed by atoms with van der Waals surface area (Å²) in [6, 6.07) is 5.24. The van der Waals surface area contributed by atoms with E-state index in [2.05, 4.69) is 6.58 Å². The van der Waals surface area contributed by atoms with E-state index < -0.39 is 5.97 Å². The van der Waals surface area contributed by atoms with Crippen molar-refractivity contribution in [1.82, 2.24) is 0 Å². The third-order valence-corrected chi connectivity index (χ3v) is 2.19. The minimum atomic E-state index is -1.01. The van der Waals surface area contributed by atoms with Gasteiger partial charge in [0.15, 0.2) is 0 Å². The SMILES string of the molecule is C=C(Cc1cc(OC)ccc1OC)C(=O)O. The summed E-state index contributed by atoms with van der Waals surface area (Å²) in [7, 11) is 3.09. The maximum Gasteiger partial charge on any atom is 0.331 e. The third kappa shape index (κ3) is 2.76. The molecular formula is C12H14O4. The van der Waals surface area contributed by atoms with Crippen LogP contribution in [0.25, 0.3) is 0 Å². The zero-order chi connectivity index (χ0) is 12.1. The van der Waals surface area contributed by atoms with Gasteiger partial charge >= 0.3 is 5.97 Å². The lowest BCUT2D eigenvalue weighted by Gasteiger charge is -2.10. The number of ether oxygens (including phenoxy) is 2. The van der Waals surface area contributed by atoms with Crippen LogP contribution >= 0.6 is 0 Å². The molecule has 0 fully saturated rings. The molecule has 1 aromatic carbocycles. The Morgan fingerprint density at radius 2 is 2.06 bits per heavy atom. The molecular weight excluding hydrogens is 208 g/mol. The Kier molecular flexibility index (Phi) is 3.94. The first-order chi connectivity index (χ1) is 7.58. The number of methoxy groups -OCH3 is 2. The number of hydrogen-bond donors (Lipinski definition) is 1. The van der Waals surface area contributed by atoms with E-state index in [1.165, 1.54) is 7.11 Å². The molecule has 0 spiro atoms. The minimum Gasteiger partial charge on any atom is -0.497 e. The van der Waals surface area contributed by atoms with Gasteiger partial charge in [0, 0.05) is 17.6 Å². The molecule has 1 rings (SSSR count). The van der Waals surface area contributed by atoms with Crippen LogP contribution in [0, 0.1) is 0 Å². The molecule has 1 N–H and O–H groups in total. The van der Waals surface area contributed by atoms with Gasteiger partial charge in [0.25, 0.3) is 0 Å². The highest BCUT2D eigenvalue weighted by Gasteiger charge is 2.10. The van der Waals surface area contributed by atoms with Crippen LogP contribution < -0.4 is 9.47 Å². The van der Waals surface area contributed by atoms with Crippen molar-refractivity contribution in [2.45, 2.75) is 6.42 Å². The van der Waals surface area contributed by atoms with Crippen molar-refractivity contribution in [1.29, 1.82) is 0 Å².